The predicted octanol–water partition coefficient (Wildman–Crippen LogP) is 2.69. The summed E-state index contributed by atoms with van der Waals surface area (Å²) >= 11 is 0. The lowest BCUT2D eigenvalue weighted by atomic mass is 9.88. The van der Waals surface area contributed by atoms with Crippen LogP contribution >= 0.6 is 0 Å². The van der Waals surface area contributed by atoms with Crippen LogP contribution in [0.2, 0.25) is 0 Å². The molecule has 4 heteroatoms. The van der Waals surface area contributed by atoms with Crippen LogP contribution in [0.25, 0.3) is 0 Å². The van der Waals surface area contributed by atoms with Gasteiger partial charge in [-0.3, -0.25) is 0 Å². The quantitative estimate of drug-likeness (QED) is 0.622. The average molecular weight is 246 g/mol. The second-order valence-corrected chi connectivity index (χ2v) is 5.54. The van der Waals surface area contributed by atoms with Crippen LogP contribution in [0.5, 0.6) is 0 Å². The van der Waals surface area contributed by atoms with Gasteiger partial charge in [0.1, 0.15) is 11.6 Å². The van der Waals surface area contributed by atoms with Crippen molar-refractivity contribution in [2.75, 3.05) is 5.43 Å². The fourth-order valence-corrected chi connectivity index (χ4v) is 3.28. The Morgan fingerprint density at radius 1 is 0.944 bits per heavy atom. The van der Waals surface area contributed by atoms with E-state index in [1.165, 1.54) is 56.2 Å². The van der Waals surface area contributed by atoms with Gasteiger partial charge in [-0.1, -0.05) is 19.3 Å². The predicted molar refractivity (Wildman–Crippen MR) is 72.3 cm³/mol. The number of anilines is 1. The number of rotatable bonds is 2. The molecule has 3 rings (SSSR count). The maximum atomic E-state index is 5.63. The van der Waals surface area contributed by atoms with E-state index in [2.05, 4.69) is 10.4 Å². The lowest BCUT2D eigenvalue weighted by molar-refractivity contribution is 0.426. The number of hydrogen-bond acceptors (Lipinski definition) is 4. The third-order valence-corrected chi connectivity index (χ3v) is 4.31. The summed E-state index contributed by atoms with van der Waals surface area (Å²) in [5.74, 6) is 8.09. The van der Waals surface area contributed by atoms with E-state index in [0.717, 1.165) is 24.5 Å². The molecule has 1 saturated carbocycles. The molecule has 0 amide bonds. The molecule has 2 aliphatic rings. The van der Waals surface area contributed by atoms with Crippen molar-refractivity contribution in [3.05, 3.63) is 17.1 Å². The topological polar surface area (TPSA) is 63.8 Å². The summed E-state index contributed by atoms with van der Waals surface area (Å²) in [4.78, 5) is 9.52. The van der Waals surface area contributed by atoms with Crippen molar-refractivity contribution in [3.8, 4) is 0 Å². The molecule has 98 valence electrons. The molecule has 0 unspecified atom stereocenters. The molecule has 1 fully saturated rings. The number of nitrogens with one attached hydrogen (secondary N) is 1. The van der Waals surface area contributed by atoms with Crippen molar-refractivity contribution >= 4 is 5.82 Å². The van der Waals surface area contributed by atoms with E-state index in [0.29, 0.717) is 5.92 Å². The van der Waals surface area contributed by atoms with E-state index in [9.17, 15) is 0 Å². The van der Waals surface area contributed by atoms with Crippen LogP contribution in [0, 0.1) is 0 Å². The van der Waals surface area contributed by atoms with Gasteiger partial charge in [0, 0.05) is 17.2 Å². The third kappa shape index (κ3) is 2.21. The first-order valence-electron chi connectivity index (χ1n) is 7.25. The maximum Gasteiger partial charge on any atom is 0.147 e. The molecule has 0 atom stereocenters. The summed E-state index contributed by atoms with van der Waals surface area (Å²) in [6, 6.07) is 0. The summed E-state index contributed by atoms with van der Waals surface area (Å²) in [7, 11) is 0. The zero-order valence-electron chi connectivity index (χ0n) is 10.9. The molecule has 0 saturated heterocycles. The van der Waals surface area contributed by atoms with E-state index < -0.39 is 0 Å². The SMILES string of the molecule is NNc1nc(C2CCCCC2)nc2c1CCCC2. The molecule has 0 aromatic carbocycles. The van der Waals surface area contributed by atoms with Gasteiger partial charge >= 0.3 is 0 Å². The summed E-state index contributed by atoms with van der Waals surface area (Å²) in [6.07, 6.45) is 11.1. The fraction of sp³-hybridized carbons (Fsp3) is 0.714. The molecule has 0 radical (unpaired) electrons. The molecule has 1 aromatic heterocycles. The second kappa shape index (κ2) is 5.22. The van der Waals surface area contributed by atoms with E-state index >= 15 is 0 Å². The van der Waals surface area contributed by atoms with Gasteiger partial charge in [-0.25, -0.2) is 15.8 Å². The highest BCUT2D eigenvalue weighted by Crippen LogP contribution is 2.33. The van der Waals surface area contributed by atoms with E-state index in [1.807, 2.05) is 0 Å². The van der Waals surface area contributed by atoms with Crippen molar-refractivity contribution in [2.45, 2.75) is 63.7 Å². The van der Waals surface area contributed by atoms with Gasteiger partial charge in [0.25, 0.3) is 0 Å². The van der Waals surface area contributed by atoms with Gasteiger partial charge in [0.05, 0.1) is 0 Å². The lowest BCUT2D eigenvalue weighted by Gasteiger charge is -2.24. The molecule has 2 aliphatic carbocycles. The maximum absolute atomic E-state index is 5.63. The Kier molecular flexibility index (Phi) is 3.46. The number of hydrazine groups is 1. The summed E-state index contributed by atoms with van der Waals surface area (Å²) in [5.41, 5.74) is 5.28. The molecular weight excluding hydrogens is 224 g/mol. The number of aryl methyl sites for hydroxylation is 1. The van der Waals surface area contributed by atoms with Gasteiger partial charge < -0.3 is 5.43 Å². The van der Waals surface area contributed by atoms with Crippen LogP contribution in [0.4, 0.5) is 5.82 Å². The smallest absolute Gasteiger partial charge is 0.147 e. The number of aromatic nitrogens is 2. The molecule has 3 N–H and O–H groups in total. The molecule has 1 heterocycles. The minimum absolute atomic E-state index is 0.554. The summed E-state index contributed by atoms with van der Waals surface area (Å²) < 4.78 is 0. The normalized spacial score (nSPS) is 20.5. The van der Waals surface area contributed by atoms with Crippen molar-refractivity contribution in [1.29, 1.82) is 0 Å². The van der Waals surface area contributed by atoms with Gasteiger partial charge in [0.15, 0.2) is 0 Å². The first-order valence-corrected chi connectivity index (χ1v) is 7.25. The number of nitrogens with zero attached hydrogens (tertiary/aromatic N) is 2. The highest BCUT2D eigenvalue weighted by Gasteiger charge is 2.23. The van der Waals surface area contributed by atoms with Gasteiger partial charge in [-0.05, 0) is 38.5 Å². The number of hydrogen-bond donors (Lipinski definition) is 2. The highest BCUT2D eigenvalue weighted by atomic mass is 15.3. The van der Waals surface area contributed by atoms with Crippen molar-refractivity contribution in [2.24, 2.45) is 5.84 Å². The number of nitrogen functional groups attached to an aromatic ring is 1. The van der Waals surface area contributed by atoms with Crippen LogP contribution < -0.4 is 11.3 Å². The van der Waals surface area contributed by atoms with Gasteiger partial charge in [0.2, 0.25) is 0 Å². The van der Waals surface area contributed by atoms with E-state index in [-0.39, 0.29) is 0 Å². The van der Waals surface area contributed by atoms with Crippen molar-refractivity contribution in [3.63, 3.8) is 0 Å². The Morgan fingerprint density at radius 2 is 1.72 bits per heavy atom. The van der Waals surface area contributed by atoms with Crippen molar-refractivity contribution < 1.29 is 0 Å². The number of nitrogens with two attached hydrogens (primary N) is 1. The standard InChI is InChI=1S/C14H22N4/c15-18-14-11-8-4-5-9-12(11)16-13(17-14)10-6-2-1-3-7-10/h10H,1-9,15H2,(H,16,17,18). The lowest BCUT2D eigenvalue weighted by Crippen LogP contribution is -2.20. The zero-order chi connectivity index (χ0) is 12.4. The van der Waals surface area contributed by atoms with E-state index in [1.54, 1.807) is 0 Å². The summed E-state index contributed by atoms with van der Waals surface area (Å²) in [6.45, 7) is 0. The largest absolute Gasteiger partial charge is 0.308 e. The van der Waals surface area contributed by atoms with E-state index in [4.69, 9.17) is 10.8 Å². The fourth-order valence-electron chi connectivity index (χ4n) is 3.28. The first kappa shape index (κ1) is 11.9. The van der Waals surface area contributed by atoms with Crippen molar-refractivity contribution in [1.82, 2.24) is 9.97 Å². The molecule has 1 aromatic rings. The van der Waals surface area contributed by atoms with Gasteiger partial charge in [-0.15, -0.1) is 0 Å². The van der Waals surface area contributed by atoms with Gasteiger partial charge in [-0.2, -0.15) is 0 Å². The first-order chi connectivity index (χ1) is 8.88. The van der Waals surface area contributed by atoms with Crippen LogP contribution in [0.1, 0.15) is 67.9 Å². The molecule has 0 spiro atoms. The Labute approximate surface area is 108 Å². The van der Waals surface area contributed by atoms with Crippen LogP contribution in [0.3, 0.4) is 0 Å². The molecule has 0 bridgehead atoms. The Balaban J connectivity index is 1.94. The van der Waals surface area contributed by atoms with Crippen LogP contribution in [-0.2, 0) is 12.8 Å². The molecular formula is C14H22N4. The highest BCUT2D eigenvalue weighted by molar-refractivity contribution is 5.47. The third-order valence-electron chi connectivity index (χ3n) is 4.31. The Morgan fingerprint density at radius 3 is 2.50 bits per heavy atom. The number of fused-ring (bicyclic) bond motifs is 1. The monoisotopic (exact) mass is 246 g/mol. The molecule has 4 nitrogen and oxygen atoms in total. The zero-order valence-corrected chi connectivity index (χ0v) is 10.9. The average Bonchev–Trinajstić information content (AvgIpc) is 2.47. The second-order valence-electron chi connectivity index (χ2n) is 5.54. The Bertz CT molecular complexity index is 407. The van der Waals surface area contributed by atoms with Crippen LogP contribution in [-0.4, -0.2) is 9.97 Å². The van der Waals surface area contributed by atoms with Crippen LogP contribution in [0.15, 0.2) is 0 Å². The minimum atomic E-state index is 0.554. The Hall–Kier alpha value is -1.16. The molecule has 0 aliphatic heterocycles. The minimum Gasteiger partial charge on any atom is -0.308 e. The summed E-state index contributed by atoms with van der Waals surface area (Å²) in [5, 5.41) is 0. The molecule has 18 heavy (non-hydrogen) atoms.